The second kappa shape index (κ2) is 4.84. The van der Waals surface area contributed by atoms with Crippen molar-refractivity contribution in [2.24, 2.45) is 5.73 Å². The highest BCUT2D eigenvalue weighted by Gasteiger charge is 2.25. The summed E-state index contributed by atoms with van der Waals surface area (Å²) < 4.78 is 29.7. The molecule has 0 unspecified atom stereocenters. The van der Waals surface area contributed by atoms with Crippen molar-refractivity contribution in [2.75, 3.05) is 7.11 Å². The topological polar surface area (TPSA) is 85.4 Å². The maximum atomic E-state index is 12.5. The molecule has 7 heteroatoms. The Balaban J connectivity index is 3.49. The summed E-state index contributed by atoms with van der Waals surface area (Å²) >= 11 is 0. The normalized spacial score (nSPS) is 10.6. The van der Waals surface area contributed by atoms with E-state index < -0.39 is 23.8 Å². The van der Waals surface area contributed by atoms with Crippen LogP contribution in [0.3, 0.4) is 0 Å². The molecule has 1 rings (SSSR count). The van der Waals surface area contributed by atoms with Crippen molar-refractivity contribution in [2.45, 2.75) is 13.0 Å². The van der Waals surface area contributed by atoms with Gasteiger partial charge < -0.3 is 15.6 Å². The number of halogens is 2. The van der Waals surface area contributed by atoms with Crippen molar-refractivity contribution in [1.29, 1.82) is 0 Å². The zero-order chi connectivity index (χ0) is 12.3. The van der Waals surface area contributed by atoms with E-state index in [0.717, 1.165) is 13.3 Å². The number of nitrogens with two attached hydrogens (primary N) is 1. The summed E-state index contributed by atoms with van der Waals surface area (Å²) in [5.41, 5.74) is 4.38. The van der Waals surface area contributed by atoms with E-state index in [0.29, 0.717) is 0 Å². The minimum atomic E-state index is -2.90. The van der Waals surface area contributed by atoms with Crippen LogP contribution in [0, 0.1) is 0 Å². The van der Waals surface area contributed by atoms with Gasteiger partial charge >= 0.3 is 5.97 Å². The van der Waals surface area contributed by atoms with E-state index in [4.69, 9.17) is 10.8 Å². The second-order valence-corrected chi connectivity index (χ2v) is 2.89. The minimum absolute atomic E-state index is 0.117. The van der Waals surface area contributed by atoms with E-state index in [-0.39, 0.29) is 17.7 Å². The van der Waals surface area contributed by atoms with E-state index in [2.05, 4.69) is 9.72 Å². The molecule has 0 radical (unpaired) electrons. The number of rotatable bonds is 4. The quantitative estimate of drug-likeness (QED) is 0.814. The molecule has 0 aliphatic heterocycles. The SMILES string of the molecule is COc1c(C(F)F)ncc(CN)c1C(=O)O. The molecule has 0 amide bonds. The van der Waals surface area contributed by atoms with Crippen molar-refractivity contribution in [3.05, 3.63) is 23.0 Å². The van der Waals surface area contributed by atoms with E-state index in [1.165, 1.54) is 0 Å². The van der Waals surface area contributed by atoms with Gasteiger partial charge in [-0.25, -0.2) is 13.6 Å². The van der Waals surface area contributed by atoms with Crippen LogP contribution >= 0.6 is 0 Å². The monoisotopic (exact) mass is 232 g/mol. The van der Waals surface area contributed by atoms with Gasteiger partial charge in [0.25, 0.3) is 6.43 Å². The molecule has 0 aliphatic carbocycles. The fourth-order valence-electron chi connectivity index (χ4n) is 1.30. The zero-order valence-corrected chi connectivity index (χ0v) is 8.41. The smallest absolute Gasteiger partial charge is 0.339 e. The van der Waals surface area contributed by atoms with Gasteiger partial charge in [-0.15, -0.1) is 0 Å². The first-order valence-electron chi connectivity index (χ1n) is 4.30. The van der Waals surface area contributed by atoms with Gasteiger partial charge in [0, 0.05) is 18.3 Å². The molecule has 5 nitrogen and oxygen atoms in total. The number of methoxy groups -OCH3 is 1. The highest BCUT2D eigenvalue weighted by Crippen LogP contribution is 2.31. The molecule has 1 aromatic rings. The predicted octanol–water partition coefficient (Wildman–Crippen LogP) is 1.18. The summed E-state index contributed by atoms with van der Waals surface area (Å²) in [6.07, 6.45) is -1.88. The molecule has 3 N–H and O–H groups in total. The Morgan fingerprint density at radius 1 is 1.69 bits per heavy atom. The van der Waals surface area contributed by atoms with E-state index in [1.807, 2.05) is 0 Å². The van der Waals surface area contributed by atoms with Gasteiger partial charge in [-0.2, -0.15) is 0 Å². The minimum Gasteiger partial charge on any atom is -0.494 e. The average molecular weight is 232 g/mol. The first-order chi connectivity index (χ1) is 7.52. The molecule has 1 aromatic heterocycles. The third-order valence-corrected chi connectivity index (χ3v) is 1.98. The fourth-order valence-corrected chi connectivity index (χ4v) is 1.30. The molecule has 1 heterocycles. The van der Waals surface area contributed by atoms with Gasteiger partial charge in [-0.1, -0.05) is 0 Å². The van der Waals surface area contributed by atoms with Gasteiger partial charge in [-0.05, 0) is 0 Å². The number of pyridine rings is 1. The van der Waals surface area contributed by atoms with E-state index >= 15 is 0 Å². The first-order valence-corrected chi connectivity index (χ1v) is 4.30. The lowest BCUT2D eigenvalue weighted by molar-refractivity contribution is 0.0690. The summed E-state index contributed by atoms with van der Waals surface area (Å²) in [7, 11) is 1.11. The number of ether oxygens (including phenoxy) is 1. The number of hydrogen-bond donors (Lipinski definition) is 2. The van der Waals surface area contributed by atoms with Gasteiger partial charge in [0.15, 0.2) is 5.75 Å². The molecule has 16 heavy (non-hydrogen) atoms. The predicted molar refractivity (Wildman–Crippen MR) is 50.6 cm³/mol. The zero-order valence-electron chi connectivity index (χ0n) is 8.41. The van der Waals surface area contributed by atoms with Crippen molar-refractivity contribution >= 4 is 5.97 Å². The van der Waals surface area contributed by atoms with Crippen LogP contribution < -0.4 is 10.5 Å². The summed E-state index contributed by atoms with van der Waals surface area (Å²) in [5.74, 6) is -1.81. The van der Waals surface area contributed by atoms with Gasteiger partial charge in [0.05, 0.1) is 7.11 Å². The summed E-state index contributed by atoms with van der Waals surface area (Å²) in [6, 6.07) is 0. The van der Waals surface area contributed by atoms with Crippen LogP contribution in [0.2, 0.25) is 0 Å². The average Bonchev–Trinajstić information content (AvgIpc) is 2.26. The molecular formula is C9H10F2N2O3. The molecule has 0 saturated heterocycles. The maximum absolute atomic E-state index is 12.5. The Labute approximate surface area is 89.9 Å². The molecule has 0 atom stereocenters. The molecule has 0 aromatic carbocycles. The third kappa shape index (κ3) is 2.08. The number of hydrogen-bond acceptors (Lipinski definition) is 4. The van der Waals surface area contributed by atoms with Crippen LogP contribution in [0.4, 0.5) is 8.78 Å². The number of carboxylic acids is 1. The van der Waals surface area contributed by atoms with Crippen molar-refractivity contribution < 1.29 is 23.4 Å². The van der Waals surface area contributed by atoms with E-state index in [1.54, 1.807) is 0 Å². The molecule has 88 valence electrons. The number of carboxylic acid groups (broad SMARTS) is 1. The van der Waals surface area contributed by atoms with Crippen LogP contribution in [0.15, 0.2) is 6.20 Å². The van der Waals surface area contributed by atoms with Crippen molar-refractivity contribution in [1.82, 2.24) is 4.98 Å². The Hall–Kier alpha value is -1.76. The van der Waals surface area contributed by atoms with E-state index in [9.17, 15) is 13.6 Å². The Morgan fingerprint density at radius 3 is 2.69 bits per heavy atom. The standard InChI is InChI=1S/C9H10F2N2O3/c1-16-7-5(9(14)15)4(2-12)3-13-6(7)8(10)11/h3,8H,2,12H2,1H3,(H,14,15). The van der Waals surface area contributed by atoms with Crippen molar-refractivity contribution in [3.8, 4) is 5.75 Å². The van der Waals surface area contributed by atoms with Crippen LogP contribution in [0.5, 0.6) is 5.75 Å². The summed E-state index contributed by atoms with van der Waals surface area (Å²) in [5, 5.41) is 8.91. The third-order valence-electron chi connectivity index (χ3n) is 1.98. The van der Waals surface area contributed by atoms with Crippen LogP contribution in [-0.4, -0.2) is 23.2 Å². The van der Waals surface area contributed by atoms with Crippen molar-refractivity contribution in [3.63, 3.8) is 0 Å². The second-order valence-electron chi connectivity index (χ2n) is 2.89. The molecule has 0 saturated carbocycles. The molecule has 0 fully saturated rings. The first kappa shape index (κ1) is 12.3. The number of carbonyl (C=O) groups is 1. The Kier molecular flexibility index (Phi) is 3.73. The Morgan fingerprint density at radius 2 is 2.31 bits per heavy atom. The molecule has 0 bridgehead atoms. The fraction of sp³-hybridized carbons (Fsp3) is 0.333. The number of aromatic carboxylic acids is 1. The largest absolute Gasteiger partial charge is 0.494 e. The van der Waals surface area contributed by atoms with Gasteiger partial charge in [-0.3, -0.25) is 4.98 Å². The van der Waals surface area contributed by atoms with Crippen LogP contribution in [0.1, 0.15) is 28.0 Å². The number of aromatic nitrogens is 1. The Bertz CT molecular complexity index is 410. The summed E-state index contributed by atoms with van der Waals surface area (Å²) in [4.78, 5) is 14.4. The lowest BCUT2D eigenvalue weighted by Crippen LogP contribution is -2.12. The molecule has 0 spiro atoms. The number of nitrogens with zero attached hydrogens (tertiary/aromatic N) is 1. The molecular weight excluding hydrogens is 222 g/mol. The van der Waals surface area contributed by atoms with Gasteiger partial charge in [0.1, 0.15) is 11.3 Å². The molecule has 0 aliphatic rings. The highest BCUT2D eigenvalue weighted by atomic mass is 19.3. The summed E-state index contributed by atoms with van der Waals surface area (Å²) in [6.45, 7) is -0.117. The maximum Gasteiger partial charge on any atom is 0.339 e. The number of alkyl halides is 2. The lowest BCUT2D eigenvalue weighted by atomic mass is 10.1. The van der Waals surface area contributed by atoms with Crippen LogP contribution in [-0.2, 0) is 6.54 Å². The highest BCUT2D eigenvalue weighted by molar-refractivity contribution is 5.93. The lowest BCUT2D eigenvalue weighted by Gasteiger charge is -2.12. The van der Waals surface area contributed by atoms with Crippen LogP contribution in [0.25, 0.3) is 0 Å². The van der Waals surface area contributed by atoms with Gasteiger partial charge in [0.2, 0.25) is 0 Å².